The number of phenols is 1. The number of primary amides is 1. The van der Waals surface area contributed by atoms with Crippen molar-refractivity contribution in [2.45, 2.75) is 31.0 Å². The molecule has 1 heterocycles. The topological polar surface area (TPSA) is 177 Å². The van der Waals surface area contributed by atoms with Crippen LogP contribution in [0.1, 0.15) is 24.0 Å². The number of aliphatic hydroxyl groups excluding tert-OH is 2. The minimum atomic E-state index is -2.60. The highest BCUT2D eigenvalue weighted by Crippen LogP contribution is 2.52. The highest BCUT2D eigenvalue weighted by Gasteiger charge is 2.63. The summed E-state index contributed by atoms with van der Waals surface area (Å²) in [6.07, 6.45) is -1.26. The number of carbonyl (C=O) groups excluding carboxylic acids is 3. The van der Waals surface area contributed by atoms with Gasteiger partial charge in [-0.25, -0.2) is 0 Å². The average Bonchev–Trinajstić information content (AvgIpc) is 3.29. The standard InChI is InChI=1S/C26H23NO9/c27-25(33)21-16(29)8-12-5-11-6-14-13(10-1-4-17-18(7-10)36-9-35-17)2-3-15(28)20(14)22(30)19(11)23(31)26(12,34)24(21)32/h1-4,7,11-12,16,21,28-30,34H,5-6,8-9H2,(H2,27,33)/t11-,12+,16?,21?,26+/m1/s1. The van der Waals surface area contributed by atoms with Crippen LogP contribution in [0, 0.1) is 17.8 Å². The van der Waals surface area contributed by atoms with Crippen molar-refractivity contribution in [3.05, 3.63) is 47.0 Å². The van der Waals surface area contributed by atoms with Crippen LogP contribution in [0.4, 0.5) is 0 Å². The van der Waals surface area contributed by atoms with Crippen molar-refractivity contribution in [3.8, 4) is 28.4 Å². The molecule has 0 aromatic heterocycles. The molecule has 1 aliphatic heterocycles. The second kappa shape index (κ2) is 7.55. The number of carbonyl (C=O) groups is 3. The third kappa shape index (κ3) is 2.88. The van der Waals surface area contributed by atoms with Gasteiger partial charge in [0.2, 0.25) is 18.5 Å². The lowest BCUT2D eigenvalue weighted by Gasteiger charge is -2.48. The predicted molar refractivity (Wildman–Crippen MR) is 123 cm³/mol. The minimum Gasteiger partial charge on any atom is -0.507 e. The zero-order chi connectivity index (χ0) is 25.5. The molecule has 36 heavy (non-hydrogen) atoms. The molecule has 10 heteroatoms. The van der Waals surface area contributed by atoms with Crippen LogP contribution in [-0.2, 0) is 20.8 Å². The van der Waals surface area contributed by atoms with E-state index < -0.39 is 52.7 Å². The summed E-state index contributed by atoms with van der Waals surface area (Å²) in [5.74, 6) is -6.22. The number of rotatable bonds is 2. The van der Waals surface area contributed by atoms with Crippen molar-refractivity contribution in [2.24, 2.45) is 23.5 Å². The maximum absolute atomic E-state index is 13.6. The summed E-state index contributed by atoms with van der Waals surface area (Å²) in [5, 5.41) is 43.6. The minimum absolute atomic E-state index is 0.0431. The van der Waals surface area contributed by atoms with Crippen LogP contribution in [0.5, 0.6) is 17.2 Å². The Labute approximate surface area is 204 Å². The van der Waals surface area contributed by atoms with Gasteiger partial charge in [0.05, 0.1) is 11.7 Å². The van der Waals surface area contributed by atoms with Crippen molar-refractivity contribution in [1.29, 1.82) is 0 Å². The summed E-state index contributed by atoms with van der Waals surface area (Å²) in [5.41, 5.74) is 4.59. The number of fused-ring (bicyclic) bond motifs is 4. The fraction of sp³-hybridized carbons (Fsp3) is 0.346. The quantitative estimate of drug-likeness (QED) is 0.382. The van der Waals surface area contributed by atoms with E-state index >= 15 is 0 Å². The predicted octanol–water partition coefficient (Wildman–Crippen LogP) is 0.985. The second-order valence-electron chi connectivity index (χ2n) is 9.79. The molecule has 6 N–H and O–H groups in total. The zero-order valence-electron chi connectivity index (χ0n) is 18.9. The number of amides is 1. The second-order valence-corrected chi connectivity index (χ2v) is 9.79. The fourth-order valence-electron chi connectivity index (χ4n) is 6.26. The van der Waals surface area contributed by atoms with E-state index in [1.165, 1.54) is 6.07 Å². The first-order valence-electron chi connectivity index (χ1n) is 11.6. The SMILES string of the molecule is NC(=O)C1C(=O)[C@@]2(O)C(=O)C3=C(O)c4c(O)ccc(-c5ccc6c(c5)OCO6)c4C[C@H]3C[C@H]2CC1O. The van der Waals surface area contributed by atoms with Gasteiger partial charge in [-0.2, -0.15) is 0 Å². The largest absolute Gasteiger partial charge is 0.507 e. The molecule has 0 radical (unpaired) electrons. The van der Waals surface area contributed by atoms with Crippen LogP contribution in [0.2, 0.25) is 0 Å². The summed E-state index contributed by atoms with van der Waals surface area (Å²) >= 11 is 0. The van der Waals surface area contributed by atoms with Gasteiger partial charge in [-0.1, -0.05) is 12.1 Å². The fourth-order valence-corrected chi connectivity index (χ4v) is 6.26. The molecule has 5 atom stereocenters. The van der Waals surface area contributed by atoms with E-state index in [4.69, 9.17) is 15.2 Å². The Kier molecular flexibility index (Phi) is 4.73. The van der Waals surface area contributed by atoms with Gasteiger partial charge < -0.3 is 35.6 Å². The number of nitrogens with two attached hydrogens (primary N) is 1. The summed E-state index contributed by atoms with van der Waals surface area (Å²) < 4.78 is 10.8. The van der Waals surface area contributed by atoms with E-state index in [9.17, 15) is 34.8 Å². The Bertz CT molecular complexity index is 1400. The molecular formula is C26H23NO9. The molecule has 6 rings (SSSR count). The first kappa shape index (κ1) is 22.6. The highest BCUT2D eigenvalue weighted by atomic mass is 16.7. The molecular weight excluding hydrogens is 470 g/mol. The van der Waals surface area contributed by atoms with Crippen LogP contribution >= 0.6 is 0 Å². The molecule has 0 bridgehead atoms. The van der Waals surface area contributed by atoms with Gasteiger partial charge >= 0.3 is 0 Å². The van der Waals surface area contributed by atoms with Gasteiger partial charge in [0.1, 0.15) is 17.4 Å². The van der Waals surface area contributed by atoms with Crippen LogP contribution in [0.15, 0.2) is 35.9 Å². The number of benzene rings is 2. The Morgan fingerprint density at radius 1 is 1.06 bits per heavy atom. The van der Waals surface area contributed by atoms with Crippen LogP contribution in [-0.4, -0.2) is 56.4 Å². The van der Waals surface area contributed by atoms with Gasteiger partial charge in [0.15, 0.2) is 22.9 Å². The molecule has 1 amide bonds. The monoisotopic (exact) mass is 493 g/mol. The third-order valence-corrected chi connectivity index (χ3v) is 7.95. The lowest BCUT2D eigenvalue weighted by Crippen LogP contribution is -2.66. The molecule has 186 valence electrons. The molecule has 3 aliphatic carbocycles. The van der Waals surface area contributed by atoms with Gasteiger partial charge in [-0.05, 0) is 60.1 Å². The van der Waals surface area contributed by atoms with Crippen molar-refractivity contribution in [2.75, 3.05) is 6.79 Å². The molecule has 2 unspecified atom stereocenters. The van der Waals surface area contributed by atoms with E-state index in [0.717, 1.165) is 5.56 Å². The Balaban J connectivity index is 1.49. The van der Waals surface area contributed by atoms with Crippen molar-refractivity contribution >= 4 is 23.2 Å². The number of aromatic hydroxyl groups is 1. The lowest BCUT2D eigenvalue weighted by molar-refractivity contribution is -0.174. The average molecular weight is 493 g/mol. The molecule has 10 nitrogen and oxygen atoms in total. The zero-order valence-corrected chi connectivity index (χ0v) is 18.9. The summed E-state index contributed by atoms with van der Waals surface area (Å²) in [7, 11) is 0. The maximum Gasteiger partial charge on any atom is 0.231 e. The van der Waals surface area contributed by atoms with Gasteiger partial charge in [-0.3, -0.25) is 14.4 Å². The molecule has 2 aromatic carbocycles. The van der Waals surface area contributed by atoms with Crippen molar-refractivity contribution in [3.63, 3.8) is 0 Å². The van der Waals surface area contributed by atoms with Gasteiger partial charge in [0, 0.05) is 11.5 Å². The summed E-state index contributed by atoms with van der Waals surface area (Å²) in [6, 6.07) is 8.47. The Hall–Kier alpha value is -3.89. The molecule has 2 saturated carbocycles. The van der Waals surface area contributed by atoms with E-state index in [1.54, 1.807) is 18.2 Å². The smallest absolute Gasteiger partial charge is 0.231 e. The Morgan fingerprint density at radius 2 is 1.81 bits per heavy atom. The molecule has 2 fully saturated rings. The van der Waals surface area contributed by atoms with Gasteiger partial charge in [0.25, 0.3) is 0 Å². The summed E-state index contributed by atoms with van der Waals surface area (Å²) in [6.45, 7) is 0.106. The molecule has 4 aliphatic rings. The Morgan fingerprint density at radius 3 is 2.56 bits per heavy atom. The number of hydrogen-bond donors (Lipinski definition) is 5. The van der Waals surface area contributed by atoms with E-state index in [-0.39, 0.29) is 42.9 Å². The number of phenolic OH excluding ortho intramolecular Hbond substituents is 1. The normalized spacial score (nSPS) is 30.5. The number of ketones is 2. The van der Waals surface area contributed by atoms with Crippen LogP contribution in [0.25, 0.3) is 16.9 Å². The van der Waals surface area contributed by atoms with E-state index in [2.05, 4.69) is 0 Å². The van der Waals surface area contributed by atoms with Gasteiger partial charge in [-0.15, -0.1) is 0 Å². The van der Waals surface area contributed by atoms with E-state index in [0.29, 0.717) is 22.6 Å². The van der Waals surface area contributed by atoms with Crippen molar-refractivity contribution in [1.82, 2.24) is 0 Å². The number of Topliss-reactive ketones (excluding diaryl/α,β-unsaturated/α-hetero) is 2. The number of hydrogen-bond acceptors (Lipinski definition) is 9. The first-order valence-corrected chi connectivity index (χ1v) is 11.6. The van der Waals surface area contributed by atoms with Crippen LogP contribution in [0.3, 0.4) is 0 Å². The van der Waals surface area contributed by atoms with Crippen molar-refractivity contribution < 1.29 is 44.3 Å². The molecule has 0 saturated heterocycles. The molecule has 2 aromatic rings. The van der Waals surface area contributed by atoms with E-state index in [1.807, 2.05) is 6.07 Å². The maximum atomic E-state index is 13.6. The van der Waals surface area contributed by atoms with Crippen LogP contribution < -0.4 is 15.2 Å². The summed E-state index contributed by atoms with van der Waals surface area (Å²) in [4.78, 5) is 38.4. The first-order chi connectivity index (χ1) is 17.1. The number of ether oxygens (including phenoxy) is 2. The highest BCUT2D eigenvalue weighted by molar-refractivity contribution is 6.24. The number of aliphatic hydroxyl groups is 3. The lowest BCUT2D eigenvalue weighted by atomic mass is 9.56. The third-order valence-electron chi connectivity index (χ3n) is 7.95. The molecule has 0 spiro atoms.